The molecule has 0 aliphatic carbocycles. The van der Waals surface area contributed by atoms with Crippen LogP contribution in [0.25, 0.3) is 11.4 Å². The van der Waals surface area contributed by atoms with Gasteiger partial charge in [-0.25, -0.2) is 9.97 Å². The molecule has 4 heteroatoms. The van der Waals surface area contributed by atoms with Crippen LogP contribution in [0.1, 0.15) is 31.4 Å². The van der Waals surface area contributed by atoms with E-state index < -0.39 is 0 Å². The van der Waals surface area contributed by atoms with Gasteiger partial charge in [0.1, 0.15) is 0 Å². The summed E-state index contributed by atoms with van der Waals surface area (Å²) >= 11 is 5.81. The SMILES string of the molecule is C[C@H](c1ccc(-c2ncc(Cl)cn2)cc1)N1CCCC1. The Kier molecular flexibility index (Phi) is 3.99. The zero-order chi connectivity index (χ0) is 13.9. The molecule has 1 aliphatic rings. The van der Waals surface area contributed by atoms with E-state index >= 15 is 0 Å². The molecule has 1 aromatic heterocycles. The summed E-state index contributed by atoms with van der Waals surface area (Å²) in [6.07, 6.45) is 5.90. The van der Waals surface area contributed by atoms with Gasteiger partial charge in [0.2, 0.25) is 0 Å². The number of nitrogens with zero attached hydrogens (tertiary/aromatic N) is 3. The maximum Gasteiger partial charge on any atom is 0.159 e. The normalized spacial score (nSPS) is 17.3. The highest BCUT2D eigenvalue weighted by molar-refractivity contribution is 6.30. The quantitative estimate of drug-likeness (QED) is 0.856. The molecule has 0 saturated carbocycles. The van der Waals surface area contributed by atoms with Crippen LogP contribution < -0.4 is 0 Å². The van der Waals surface area contributed by atoms with E-state index in [2.05, 4.69) is 46.1 Å². The first kappa shape index (κ1) is 13.5. The lowest BCUT2D eigenvalue weighted by Gasteiger charge is -2.24. The lowest BCUT2D eigenvalue weighted by atomic mass is 10.0. The van der Waals surface area contributed by atoms with Gasteiger partial charge in [-0.3, -0.25) is 4.90 Å². The molecule has 104 valence electrons. The van der Waals surface area contributed by atoms with Crippen molar-refractivity contribution in [1.82, 2.24) is 14.9 Å². The Bertz CT molecular complexity index is 559. The van der Waals surface area contributed by atoms with Crippen molar-refractivity contribution in [2.75, 3.05) is 13.1 Å². The number of likely N-dealkylation sites (tertiary alicyclic amines) is 1. The molecule has 0 radical (unpaired) electrons. The zero-order valence-electron chi connectivity index (χ0n) is 11.6. The van der Waals surface area contributed by atoms with Gasteiger partial charge in [0.05, 0.1) is 5.02 Å². The van der Waals surface area contributed by atoms with E-state index in [-0.39, 0.29) is 0 Å². The Balaban J connectivity index is 1.78. The number of benzene rings is 1. The van der Waals surface area contributed by atoms with Gasteiger partial charge in [0.15, 0.2) is 5.82 Å². The fourth-order valence-electron chi connectivity index (χ4n) is 2.71. The summed E-state index contributed by atoms with van der Waals surface area (Å²) in [5, 5.41) is 0.563. The minimum Gasteiger partial charge on any atom is -0.297 e. The van der Waals surface area contributed by atoms with Crippen molar-refractivity contribution >= 4 is 11.6 Å². The molecule has 3 rings (SSSR count). The van der Waals surface area contributed by atoms with Crippen molar-refractivity contribution in [3.05, 3.63) is 47.2 Å². The molecule has 20 heavy (non-hydrogen) atoms. The van der Waals surface area contributed by atoms with Gasteiger partial charge >= 0.3 is 0 Å². The summed E-state index contributed by atoms with van der Waals surface area (Å²) in [7, 11) is 0. The third-order valence-electron chi connectivity index (χ3n) is 3.96. The third kappa shape index (κ3) is 2.84. The molecule has 1 fully saturated rings. The van der Waals surface area contributed by atoms with Crippen LogP contribution in [0, 0.1) is 0 Å². The second-order valence-corrected chi connectivity index (χ2v) is 5.70. The Hall–Kier alpha value is -1.45. The second-order valence-electron chi connectivity index (χ2n) is 5.27. The molecule has 2 aromatic rings. The molecule has 0 amide bonds. The van der Waals surface area contributed by atoms with Crippen LogP contribution in [0.2, 0.25) is 5.02 Å². The van der Waals surface area contributed by atoms with Gasteiger partial charge in [-0.2, -0.15) is 0 Å². The van der Waals surface area contributed by atoms with Crippen LogP contribution in [-0.2, 0) is 0 Å². The molecular formula is C16H18ClN3. The molecule has 0 N–H and O–H groups in total. The molecule has 1 saturated heterocycles. The Morgan fingerprint density at radius 3 is 2.25 bits per heavy atom. The lowest BCUT2D eigenvalue weighted by molar-refractivity contribution is 0.263. The van der Waals surface area contributed by atoms with E-state index in [1.165, 1.54) is 31.5 Å². The van der Waals surface area contributed by atoms with E-state index in [1.54, 1.807) is 12.4 Å². The number of aromatic nitrogens is 2. The third-order valence-corrected chi connectivity index (χ3v) is 4.16. The molecule has 3 nitrogen and oxygen atoms in total. The summed E-state index contributed by atoms with van der Waals surface area (Å²) < 4.78 is 0. The molecule has 2 heterocycles. The first-order valence-electron chi connectivity index (χ1n) is 7.06. The van der Waals surface area contributed by atoms with Gasteiger partial charge in [0, 0.05) is 24.0 Å². The van der Waals surface area contributed by atoms with Gasteiger partial charge in [-0.05, 0) is 38.4 Å². The van der Waals surface area contributed by atoms with Crippen LogP contribution in [0.5, 0.6) is 0 Å². The maximum atomic E-state index is 5.81. The van der Waals surface area contributed by atoms with E-state index in [9.17, 15) is 0 Å². The fourth-order valence-corrected chi connectivity index (χ4v) is 2.81. The minimum absolute atomic E-state index is 0.484. The van der Waals surface area contributed by atoms with Crippen molar-refractivity contribution in [1.29, 1.82) is 0 Å². The topological polar surface area (TPSA) is 29.0 Å². The minimum atomic E-state index is 0.484. The molecule has 1 aliphatic heterocycles. The molecule has 1 aromatic carbocycles. The predicted octanol–water partition coefficient (Wildman–Crippen LogP) is 3.95. The van der Waals surface area contributed by atoms with Crippen LogP contribution in [0.15, 0.2) is 36.7 Å². The first-order valence-corrected chi connectivity index (χ1v) is 7.44. The van der Waals surface area contributed by atoms with Gasteiger partial charge in [-0.15, -0.1) is 0 Å². The summed E-state index contributed by atoms with van der Waals surface area (Å²) in [4.78, 5) is 11.0. The van der Waals surface area contributed by atoms with Crippen LogP contribution in [-0.4, -0.2) is 28.0 Å². The predicted molar refractivity (Wildman–Crippen MR) is 81.7 cm³/mol. The highest BCUT2D eigenvalue weighted by atomic mass is 35.5. The number of halogens is 1. The number of hydrogen-bond acceptors (Lipinski definition) is 3. The number of rotatable bonds is 3. The number of hydrogen-bond donors (Lipinski definition) is 0. The van der Waals surface area contributed by atoms with Crippen molar-refractivity contribution < 1.29 is 0 Å². The summed E-state index contributed by atoms with van der Waals surface area (Å²) in [5.74, 6) is 0.717. The summed E-state index contributed by atoms with van der Waals surface area (Å²) in [5.41, 5.74) is 2.38. The van der Waals surface area contributed by atoms with E-state index in [0.29, 0.717) is 11.1 Å². The van der Waals surface area contributed by atoms with Crippen molar-refractivity contribution in [2.24, 2.45) is 0 Å². The average Bonchev–Trinajstić information content (AvgIpc) is 3.02. The van der Waals surface area contributed by atoms with Gasteiger partial charge < -0.3 is 0 Å². The monoisotopic (exact) mass is 287 g/mol. The lowest BCUT2D eigenvalue weighted by Crippen LogP contribution is -2.23. The zero-order valence-corrected chi connectivity index (χ0v) is 12.3. The van der Waals surface area contributed by atoms with Crippen LogP contribution >= 0.6 is 11.6 Å². The van der Waals surface area contributed by atoms with Crippen molar-refractivity contribution in [2.45, 2.75) is 25.8 Å². The van der Waals surface area contributed by atoms with Crippen LogP contribution in [0.3, 0.4) is 0 Å². The first-order chi connectivity index (χ1) is 9.74. The summed E-state index contributed by atoms with van der Waals surface area (Å²) in [6.45, 7) is 4.70. The standard InChI is InChI=1S/C16H18ClN3/c1-12(20-8-2-3-9-20)13-4-6-14(7-5-13)16-18-10-15(17)11-19-16/h4-7,10-12H,2-3,8-9H2,1H3/t12-/m1/s1. The van der Waals surface area contributed by atoms with E-state index in [4.69, 9.17) is 11.6 Å². The average molecular weight is 288 g/mol. The second kappa shape index (κ2) is 5.90. The van der Waals surface area contributed by atoms with Crippen molar-refractivity contribution in [3.8, 4) is 11.4 Å². The molecular weight excluding hydrogens is 270 g/mol. The highest BCUT2D eigenvalue weighted by Crippen LogP contribution is 2.26. The Labute approximate surface area is 124 Å². The smallest absolute Gasteiger partial charge is 0.159 e. The molecule has 1 atom stereocenters. The Morgan fingerprint density at radius 2 is 1.65 bits per heavy atom. The fraction of sp³-hybridized carbons (Fsp3) is 0.375. The van der Waals surface area contributed by atoms with E-state index in [0.717, 1.165) is 11.4 Å². The Morgan fingerprint density at radius 1 is 1.05 bits per heavy atom. The molecule has 0 unspecified atom stereocenters. The molecule has 0 spiro atoms. The highest BCUT2D eigenvalue weighted by Gasteiger charge is 2.19. The van der Waals surface area contributed by atoms with Crippen LogP contribution in [0.4, 0.5) is 0 Å². The summed E-state index contributed by atoms with van der Waals surface area (Å²) in [6, 6.07) is 9.01. The largest absolute Gasteiger partial charge is 0.297 e. The van der Waals surface area contributed by atoms with Gasteiger partial charge in [-0.1, -0.05) is 35.9 Å². The van der Waals surface area contributed by atoms with E-state index in [1.807, 2.05) is 0 Å². The van der Waals surface area contributed by atoms with Crippen molar-refractivity contribution in [3.63, 3.8) is 0 Å². The maximum absolute atomic E-state index is 5.81. The molecule has 0 bridgehead atoms. The van der Waals surface area contributed by atoms with Gasteiger partial charge in [0.25, 0.3) is 0 Å².